The first-order chi connectivity index (χ1) is 3.27. The third kappa shape index (κ3) is 9.58. The second kappa shape index (κ2) is 7.31. The van der Waals surface area contributed by atoms with Crippen LogP contribution in [0, 0.1) is 0 Å². The summed E-state index contributed by atoms with van der Waals surface area (Å²) >= 11 is 0. The Bertz CT molecular complexity index is 37.5. The third-order valence-electron chi connectivity index (χ3n) is 1.01. The summed E-state index contributed by atoms with van der Waals surface area (Å²) in [5.41, 5.74) is 5.48. The van der Waals surface area contributed by atoms with Gasteiger partial charge in [-0.3, -0.25) is 0 Å². The Labute approximate surface area is 59.1 Å². The molecule has 0 aliphatic rings. The van der Waals surface area contributed by atoms with Crippen molar-refractivity contribution >= 4 is 13.5 Å². The molecule has 0 spiro atoms. The lowest BCUT2D eigenvalue weighted by atomic mass is 10.2. The largest absolute Gasteiger partial charge is 0.328 e. The Kier molecular flexibility index (Phi) is 10.2. The molecule has 0 aromatic rings. The van der Waals surface area contributed by atoms with Gasteiger partial charge in [-0.15, -0.1) is 0 Å². The molecule has 2 heteroatoms. The van der Waals surface area contributed by atoms with E-state index in [1.165, 1.54) is 19.3 Å². The molecule has 8 heavy (non-hydrogen) atoms. The topological polar surface area (TPSA) is 26.0 Å². The average Bonchev–Trinajstić information content (AvgIpc) is 1.61. The summed E-state index contributed by atoms with van der Waals surface area (Å²) in [6.07, 6.45) is 3.72. The van der Waals surface area contributed by atoms with Gasteiger partial charge < -0.3 is 5.73 Å². The maximum Gasteiger partial charge on any atom is 0.00104 e. The fourth-order valence-electron chi connectivity index (χ4n) is 0.526. The van der Waals surface area contributed by atoms with Gasteiger partial charge in [0.25, 0.3) is 0 Å². The molecule has 0 saturated heterocycles. The Morgan fingerprint density at radius 1 is 1.50 bits per heavy atom. The number of hydrogen-bond acceptors (Lipinski definition) is 1. The van der Waals surface area contributed by atoms with Gasteiger partial charge in [-0.1, -0.05) is 19.8 Å². The van der Waals surface area contributed by atoms with Crippen molar-refractivity contribution < 1.29 is 0 Å². The highest BCUT2D eigenvalue weighted by atomic mass is 32.1. The second-order valence-corrected chi connectivity index (χ2v) is 2.12. The molecule has 0 bridgehead atoms. The summed E-state index contributed by atoms with van der Waals surface area (Å²) in [5, 5.41) is 0. The fourth-order valence-corrected chi connectivity index (χ4v) is 0.526. The molecular weight excluding hydrogens is 118 g/mol. The zero-order valence-corrected chi connectivity index (χ0v) is 6.78. The van der Waals surface area contributed by atoms with Crippen LogP contribution in [0.1, 0.15) is 33.1 Å². The summed E-state index contributed by atoms with van der Waals surface area (Å²) in [6.45, 7) is 4.23. The predicted octanol–water partition coefficient (Wildman–Crippen LogP) is 1.64. The van der Waals surface area contributed by atoms with Crippen LogP contribution < -0.4 is 5.73 Å². The van der Waals surface area contributed by atoms with E-state index in [1.807, 2.05) is 0 Å². The van der Waals surface area contributed by atoms with Crippen LogP contribution in [0.4, 0.5) is 0 Å². The molecular formula is C6H17NS. The molecule has 0 rings (SSSR count). The van der Waals surface area contributed by atoms with Crippen LogP contribution in [-0.4, -0.2) is 6.04 Å². The SMILES string of the molecule is CCCCC(C)N.S. The molecule has 0 saturated carbocycles. The van der Waals surface area contributed by atoms with E-state index in [1.54, 1.807) is 0 Å². The van der Waals surface area contributed by atoms with Gasteiger partial charge in [0.05, 0.1) is 0 Å². The lowest BCUT2D eigenvalue weighted by Gasteiger charge is -1.99. The van der Waals surface area contributed by atoms with Crippen LogP contribution >= 0.6 is 13.5 Å². The van der Waals surface area contributed by atoms with Crippen molar-refractivity contribution in [3.8, 4) is 0 Å². The van der Waals surface area contributed by atoms with Crippen molar-refractivity contribution in [3.63, 3.8) is 0 Å². The highest BCUT2D eigenvalue weighted by molar-refractivity contribution is 7.59. The number of nitrogens with two attached hydrogens (primary N) is 1. The highest BCUT2D eigenvalue weighted by Crippen LogP contribution is 1.95. The third-order valence-corrected chi connectivity index (χ3v) is 1.01. The minimum absolute atomic E-state index is 0. The van der Waals surface area contributed by atoms with Crippen LogP contribution in [0.2, 0.25) is 0 Å². The summed E-state index contributed by atoms with van der Waals surface area (Å²) < 4.78 is 0. The summed E-state index contributed by atoms with van der Waals surface area (Å²) in [4.78, 5) is 0. The van der Waals surface area contributed by atoms with Crippen molar-refractivity contribution in [2.75, 3.05) is 0 Å². The van der Waals surface area contributed by atoms with Crippen LogP contribution in [0.5, 0.6) is 0 Å². The molecule has 0 radical (unpaired) electrons. The quantitative estimate of drug-likeness (QED) is 0.625. The van der Waals surface area contributed by atoms with E-state index >= 15 is 0 Å². The minimum Gasteiger partial charge on any atom is -0.328 e. The summed E-state index contributed by atoms with van der Waals surface area (Å²) in [5.74, 6) is 0. The molecule has 0 aliphatic carbocycles. The van der Waals surface area contributed by atoms with Crippen LogP contribution in [0.25, 0.3) is 0 Å². The lowest BCUT2D eigenvalue weighted by Crippen LogP contribution is -2.13. The van der Waals surface area contributed by atoms with Crippen LogP contribution in [-0.2, 0) is 0 Å². The van der Waals surface area contributed by atoms with E-state index in [0.29, 0.717) is 6.04 Å². The molecule has 0 aromatic carbocycles. The molecule has 52 valence electrons. The lowest BCUT2D eigenvalue weighted by molar-refractivity contribution is 0.616. The molecule has 2 N–H and O–H groups in total. The van der Waals surface area contributed by atoms with Gasteiger partial charge in [0.2, 0.25) is 0 Å². The fraction of sp³-hybridized carbons (Fsp3) is 1.00. The van der Waals surface area contributed by atoms with E-state index in [2.05, 4.69) is 13.8 Å². The van der Waals surface area contributed by atoms with Gasteiger partial charge in [-0.05, 0) is 13.3 Å². The standard InChI is InChI=1S/C6H15N.H2S/c1-3-4-5-6(2)7;/h6H,3-5,7H2,1-2H3;1H2. The average molecular weight is 135 g/mol. The van der Waals surface area contributed by atoms with E-state index in [-0.39, 0.29) is 13.5 Å². The van der Waals surface area contributed by atoms with Gasteiger partial charge in [0.15, 0.2) is 0 Å². The number of rotatable bonds is 3. The monoisotopic (exact) mass is 135 g/mol. The maximum absolute atomic E-state index is 5.48. The molecule has 1 nitrogen and oxygen atoms in total. The first kappa shape index (κ1) is 11.2. The molecule has 1 unspecified atom stereocenters. The zero-order chi connectivity index (χ0) is 5.70. The van der Waals surface area contributed by atoms with Gasteiger partial charge in [-0.2, -0.15) is 13.5 Å². The van der Waals surface area contributed by atoms with E-state index in [9.17, 15) is 0 Å². The summed E-state index contributed by atoms with van der Waals surface area (Å²) in [7, 11) is 0. The summed E-state index contributed by atoms with van der Waals surface area (Å²) in [6, 6.07) is 0.403. The Morgan fingerprint density at radius 2 is 2.00 bits per heavy atom. The Balaban J connectivity index is 0. The van der Waals surface area contributed by atoms with Crippen LogP contribution in [0.15, 0.2) is 0 Å². The molecule has 0 fully saturated rings. The van der Waals surface area contributed by atoms with Crippen molar-refractivity contribution in [2.24, 2.45) is 5.73 Å². The van der Waals surface area contributed by atoms with Crippen molar-refractivity contribution in [1.82, 2.24) is 0 Å². The van der Waals surface area contributed by atoms with E-state index in [4.69, 9.17) is 5.73 Å². The van der Waals surface area contributed by atoms with Gasteiger partial charge in [0.1, 0.15) is 0 Å². The van der Waals surface area contributed by atoms with Crippen molar-refractivity contribution in [1.29, 1.82) is 0 Å². The van der Waals surface area contributed by atoms with Gasteiger partial charge >= 0.3 is 0 Å². The molecule has 0 aromatic heterocycles. The Morgan fingerprint density at radius 3 is 2.12 bits per heavy atom. The van der Waals surface area contributed by atoms with Gasteiger partial charge in [-0.25, -0.2) is 0 Å². The zero-order valence-electron chi connectivity index (χ0n) is 5.78. The molecule has 0 amide bonds. The molecule has 0 heterocycles. The minimum atomic E-state index is 0. The number of hydrogen-bond donors (Lipinski definition) is 1. The number of unbranched alkanes of at least 4 members (excludes halogenated alkanes) is 1. The molecule has 1 atom stereocenters. The highest BCUT2D eigenvalue weighted by Gasteiger charge is 1.88. The first-order valence-electron chi connectivity index (χ1n) is 3.03. The normalized spacial score (nSPS) is 12.4. The van der Waals surface area contributed by atoms with Crippen molar-refractivity contribution in [2.45, 2.75) is 39.2 Å². The van der Waals surface area contributed by atoms with Crippen LogP contribution in [0.3, 0.4) is 0 Å². The van der Waals surface area contributed by atoms with Gasteiger partial charge in [0, 0.05) is 6.04 Å². The Hall–Kier alpha value is 0.310. The van der Waals surface area contributed by atoms with E-state index < -0.39 is 0 Å². The second-order valence-electron chi connectivity index (χ2n) is 2.12. The maximum atomic E-state index is 5.48. The van der Waals surface area contributed by atoms with E-state index in [0.717, 1.165) is 0 Å². The molecule has 0 aliphatic heterocycles. The smallest absolute Gasteiger partial charge is 0.00104 e. The predicted molar refractivity (Wildman–Crippen MR) is 43.6 cm³/mol. The first-order valence-corrected chi connectivity index (χ1v) is 3.03. The van der Waals surface area contributed by atoms with Crippen molar-refractivity contribution in [3.05, 3.63) is 0 Å².